The van der Waals surface area contributed by atoms with Crippen LogP contribution in [0.4, 0.5) is 19.2 Å². The van der Waals surface area contributed by atoms with Gasteiger partial charge in [0.2, 0.25) is 0 Å². The highest BCUT2D eigenvalue weighted by molar-refractivity contribution is 8.76. The van der Waals surface area contributed by atoms with E-state index in [1.807, 2.05) is 9.80 Å². The second-order valence-electron chi connectivity index (χ2n) is 27.7. The molecule has 0 bridgehead atoms. The van der Waals surface area contributed by atoms with Crippen LogP contribution in [0.3, 0.4) is 0 Å². The van der Waals surface area contributed by atoms with Gasteiger partial charge in [-0.05, 0) is 176 Å². The van der Waals surface area contributed by atoms with Gasteiger partial charge in [-0.2, -0.15) is 0 Å². The first-order valence-corrected chi connectivity index (χ1v) is 37.0. The van der Waals surface area contributed by atoms with Crippen LogP contribution in [-0.2, 0) is 38.2 Å². The molecule has 0 atom stereocenters. The minimum Gasteiger partial charge on any atom is -0.393 e. The molecule has 6 aliphatic carbocycles. The fourth-order valence-corrected chi connectivity index (χ4v) is 21.0. The Bertz CT molecular complexity index is 2690. The lowest BCUT2D eigenvalue weighted by Gasteiger charge is -2.59. The van der Waals surface area contributed by atoms with Gasteiger partial charge in [0.1, 0.15) is 22.2 Å². The number of hydrogen-bond donors (Lipinski definition) is 2. The standard InChI is InChI=1S/C62H88N10O12S4/c1-65-53(77)61(69(55(65)79)33-41-15-23-83-24-16-41)35-59(36-61)19-11-43(12-20-59)71-51(75)45(49(73)67(57(71)81)31-39-7-3-8-39)47(63)85-27-5-29-87-88-30-6-28-86-48(64)46-50(74)68(32-40-9-4-10-40)58(82)72(52(46)76)44-13-21-60(22-14-44)37-62(38-60)54(78)66(2)56(80)70(62)34-42-17-25-84-26-18-42/h39-44H,3-38,63-64H2,1-2H3/b47-45-,48-46+. The molecule has 88 heavy (non-hydrogen) atoms. The third kappa shape index (κ3) is 11.7. The Hall–Kier alpha value is -4.50. The minimum atomic E-state index is -0.859. The van der Waals surface area contributed by atoms with Gasteiger partial charge in [0, 0.05) is 102 Å². The molecule has 6 saturated heterocycles. The van der Waals surface area contributed by atoms with Gasteiger partial charge in [-0.25, -0.2) is 19.2 Å². The largest absolute Gasteiger partial charge is 0.393 e. The summed E-state index contributed by atoms with van der Waals surface area (Å²) < 4.78 is 11.1. The van der Waals surface area contributed by atoms with Gasteiger partial charge >= 0.3 is 24.1 Å². The summed E-state index contributed by atoms with van der Waals surface area (Å²) >= 11 is 2.51. The first kappa shape index (κ1) is 63.6. The molecule has 26 heteroatoms. The van der Waals surface area contributed by atoms with Crippen LogP contribution in [0, 0.1) is 34.5 Å². The van der Waals surface area contributed by atoms with Crippen molar-refractivity contribution in [3.8, 4) is 0 Å². The molecule has 0 radical (unpaired) electrons. The van der Waals surface area contributed by atoms with Crippen molar-refractivity contribution in [2.75, 3.05) is 89.7 Å². The molecule has 22 nitrogen and oxygen atoms in total. The van der Waals surface area contributed by atoms with E-state index in [-0.39, 0.29) is 92.7 Å². The van der Waals surface area contributed by atoms with Gasteiger partial charge in [-0.1, -0.05) is 34.4 Å². The Labute approximate surface area is 532 Å². The summed E-state index contributed by atoms with van der Waals surface area (Å²) in [6.45, 7) is 4.16. The first-order chi connectivity index (χ1) is 42.3. The molecule has 6 saturated carbocycles. The van der Waals surface area contributed by atoms with Crippen molar-refractivity contribution in [2.24, 2.45) is 46.0 Å². The predicted octanol–water partition coefficient (Wildman–Crippen LogP) is 7.70. The summed E-state index contributed by atoms with van der Waals surface area (Å²) in [5.74, 6) is 0.714. The van der Waals surface area contributed by atoms with Crippen LogP contribution in [0.15, 0.2) is 21.2 Å². The van der Waals surface area contributed by atoms with E-state index < -0.39 is 58.9 Å². The van der Waals surface area contributed by atoms with Crippen molar-refractivity contribution in [1.82, 2.24) is 39.2 Å². The van der Waals surface area contributed by atoms with Crippen LogP contribution in [0.2, 0.25) is 0 Å². The monoisotopic (exact) mass is 1290 g/mol. The highest BCUT2D eigenvalue weighted by Crippen LogP contribution is 2.63. The van der Waals surface area contributed by atoms with E-state index in [1.165, 1.54) is 52.9 Å². The molecule has 6 aliphatic heterocycles. The maximum atomic E-state index is 14.4. The molecule has 0 aromatic heterocycles. The molecule has 12 fully saturated rings. The zero-order chi connectivity index (χ0) is 61.9. The maximum Gasteiger partial charge on any atom is 0.334 e. The van der Waals surface area contributed by atoms with E-state index in [2.05, 4.69) is 0 Å². The Balaban J connectivity index is 0.606. The number of barbiturate groups is 2. The van der Waals surface area contributed by atoms with Gasteiger partial charge < -0.3 is 30.7 Å². The van der Waals surface area contributed by atoms with Crippen molar-refractivity contribution in [3.63, 3.8) is 0 Å². The van der Waals surface area contributed by atoms with Crippen LogP contribution in [-0.4, -0.2) is 212 Å². The molecule has 6 heterocycles. The Morgan fingerprint density at radius 3 is 1.11 bits per heavy atom. The third-order valence-corrected chi connectivity index (χ3v) is 26.9. The SMILES string of the molecule is CN1C(=O)N(CC2CCOCC2)C2(CC3(CCC(N4C(=O)/C(=C(/N)SCCCSSCCCS/C(N)=C5\C(=O)N(CC6CCC6)C(=O)N(C6CCC7(CC6)CC6(C7)C(=O)N(C)C(=O)N6CC6CCOCC6)C5=O)C(=O)N(CC5CCC5)C4=O)CC3)C2)C1=O. The average molecular weight is 1290 g/mol. The number of thioether (sulfide) groups is 2. The summed E-state index contributed by atoms with van der Waals surface area (Å²) in [6, 6.07) is -2.50. The number of nitrogens with two attached hydrogens (primary N) is 2. The number of urea groups is 4. The molecule has 0 aromatic rings. The number of likely N-dealkylation sites (N-methyl/N-ethyl adjacent to an activating group) is 2. The average Bonchev–Trinajstić information content (AvgIpc) is 1.41. The van der Waals surface area contributed by atoms with Crippen molar-refractivity contribution in [3.05, 3.63) is 21.2 Å². The molecule has 12 rings (SSSR count). The molecule has 14 amide bonds. The highest BCUT2D eigenvalue weighted by Gasteiger charge is 2.70. The molecular weight excluding hydrogens is 1210 g/mol. The Morgan fingerprint density at radius 2 is 0.784 bits per heavy atom. The van der Waals surface area contributed by atoms with Crippen molar-refractivity contribution >= 4 is 105 Å². The molecule has 4 spiro atoms. The maximum absolute atomic E-state index is 14.4. The normalized spacial score (nSPS) is 33.3. The minimum absolute atomic E-state index is 0.116. The summed E-state index contributed by atoms with van der Waals surface area (Å²) in [7, 11) is 6.52. The van der Waals surface area contributed by atoms with E-state index in [0.717, 1.165) is 88.6 Å². The van der Waals surface area contributed by atoms with Crippen molar-refractivity contribution in [1.29, 1.82) is 0 Å². The second-order valence-corrected chi connectivity index (χ2v) is 32.7. The highest BCUT2D eigenvalue weighted by atomic mass is 33.1. The fourth-order valence-electron chi connectivity index (χ4n) is 16.8. The van der Waals surface area contributed by atoms with E-state index in [0.29, 0.717) is 128 Å². The molecular formula is C62H88N10O12S4. The van der Waals surface area contributed by atoms with Crippen LogP contribution >= 0.6 is 45.1 Å². The second kappa shape index (κ2) is 25.9. The predicted molar refractivity (Wildman–Crippen MR) is 334 cm³/mol. The summed E-state index contributed by atoms with van der Waals surface area (Å²) in [6.07, 6.45) is 17.7. The number of rotatable bonds is 21. The van der Waals surface area contributed by atoms with Crippen LogP contribution < -0.4 is 11.5 Å². The van der Waals surface area contributed by atoms with Crippen LogP contribution in [0.1, 0.15) is 154 Å². The van der Waals surface area contributed by atoms with Gasteiger partial charge in [0.25, 0.3) is 35.4 Å². The van der Waals surface area contributed by atoms with Crippen LogP contribution in [0.5, 0.6) is 0 Å². The van der Waals surface area contributed by atoms with Gasteiger partial charge in [-0.3, -0.25) is 58.2 Å². The van der Waals surface area contributed by atoms with E-state index in [9.17, 15) is 47.9 Å². The van der Waals surface area contributed by atoms with Gasteiger partial charge in [0.05, 0.1) is 10.1 Å². The molecule has 4 N–H and O–H groups in total. The van der Waals surface area contributed by atoms with Crippen molar-refractivity contribution < 1.29 is 57.4 Å². The van der Waals surface area contributed by atoms with Gasteiger partial charge in [0.15, 0.2) is 0 Å². The number of ether oxygens (including phenoxy) is 2. The Morgan fingerprint density at radius 1 is 0.443 bits per heavy atom. The number of carbonyl (C=O) groups excluding carboxylic acids is 10. The third-order valence-electron chi connectivity index (χ3n) is 22.3. The van der Waals surface area contributed by atoms with E-state index in [1.54, 1.807) is 35.7 Å². The summed E-state index contributed by atoms with van der Waals surface area (Å²) in [5.41, 5.74) is 11.0. The molecule has 0 aromatic carbocycles. The first-order valence-electron chi connectivity index (χ1n) is 32.5. The topological polar surface area (TPSA) is 267 Å². The number of amides is 14. The zero-order valence-electron chi connectivity index (χ0n) is 51.2. The number of nitrogens with zero attached hydrogens (tertiary/aromatic N) is 8. The lowest BCUT2D eigenvalue weighted by atomic mass is 9.51. The Kier molecular flexibility index (Phi) is 18.7. The smallest absolute Gasteiger partial charge is 0.334 e. The van der Waals surface area contributed by atoms with E-state index in [4.69, 9.17) is 20.9 Å². The number of hydrogen-bond acceptors (Lipinski definition) is 18. The fraction of sp³-hybridized carbons (Fsp3) is 0.774. The zero-order valence-corrected chi connectivity index (χ0v) is 54.5. The van der Waals surface area contributed by atoms with Crippen LogP contribution in [0.25, 0.3) is 0 Å². The number of imide groups is 6. The summed E-state index contributed by atoms with van der Waals surface area (Å²) in [4.78, 5) is 151. The lowest BCUT2D eigenvalue weighted by molar-refractivity contribution is -0.152. The summed E-state index contributed by atoms with van der Waals surface area (Å²) in [5, 5.41) is 0.232. The molecule has 482 valence electrons. The van der Waals surface area contributed by atoms with E-state index >= 15 is 0 Å². The van der Waals surface area contributed by atoms with Gasteiger partial charge in [-0.15, -0.1) is 23.5 Å². The lowest BCUT2D eigenvalue weighted by Crippen LogP contribution is -2.66. The van der Waals surface area contributed by atoms with Crippen molar-refractivity contribution in [2.45, 2.75) is 177 Å². The molecule has 0 unspecified atom stereocenters. The number of carbonyl (C=O) groups is 10. The molecule has 12 aliphatic rings. The quantitative estimate of drug-likeness (QED) is 0.0366.